The van der Waals surface area contributed by atoms with Gasteiger partial charge in [0.15, 0.2) is 0 Å². The molecule has 0 bridgehead atoms. The molecule has 3 nitrogen and oxygen atoms in total. The van der Waals surface area contributed by atoms with Gasteiger partial charge in [-0.25, -0.2) is 4.98 Å². The second-order valence-corrected chi connectivity index (χ2v) is 6.10. The summed E-state index contributed by atoms with van der Waals surface area (Å²) in [5.74, 6) is 3.04. The van der Waals surface area contributed by atoms with E-state index in [2.05, 4.69) is 34.3 Å². The highest BCUT2D eigenvalue weighted by Crippen LogP contribution is 2.35. The predicted molar refractivity (Wildman–Crippen MR) is 79.3 cm³/mol. The molecule has 0 aromatic carbocycles. The molecule has 2 aliphatic rings. The maximum absolute atomic E-state index is 4.68. The summed E-state index contributed by atoms with van der Waals surface area (Å²) in [5.41, 5.74) is 1.28. The van der Waals surface area contributed by atoms with Gasteiger partial charge in [-0.2, -0.15) is 0 Å². The smallest absolute Gasteiger partial charge is 0.128 e. The van der Waals surface area contributed by atoms with Crippen molar-refractivity contribution in [3.63, 3.8) is 0 Å². The number of pyridine rings is 1. The van der Waals surface area contributed by atoms with Gasteiger partial charge in [0.05, 0.1) is 0 Å². The largest absolute Gasteiger partial charge is 0.356 e. The molecule has 1 aromatic rings. The van der Waals surface area contributed by atoms with Gasteiger partial charge in [0, 0.05) is 25.8 Å². The second kappa shape index (κ2) is 5.91. The van der Waals surface area contributed by atoms with Crippen molar-refractivity contribution in [1.82, 2.24) is 10.3 Å². The molecule has 3 rings (SSSR count). The Morgan fingerprint density at radius 2 is 1.84 bits per heavy atom. The summed E-state index contributed by atoms with van der Waals surface area (Å²) in [7, 11) is 0. The van der Waals surface area contributed by atoms with Crippen LogP contribution in [0.1, 0.15) is 38.2 Å². The first kappa shape index (κ1) is 12.9. The third-order valence-electron chi connectivity index (χ3n) is 4.06. The highest BCUT2D eigenvalue weighted by molar-refractivity contribution is 5.40. The summed E-state index contributed by atoms with van der Waals surface area (Å²) < 4.78 is 0. The van der Waals surface area contributed by atoms with E-state index in [9.17, 15) is 0 Å². The van der Waals surface area contributed by atoms with Crippen LogP contribution in [0.4, 0.5) is 5.82 Å². The Labute approximate surface area is 116 Å². The van der Waals surface area contributed by atoms with Crippen LogP contribution in [0.3, 0.4) is 0 Å². The molecular weight excluding hydrogens is 234 g/mol. The fourth-order valence-corrected chi connectivity index (χ4v) is 2.46. The van der Waals surface area contributed by atoms with Crippen molar-refractivity contribution in [2.75, 3.05) is 24.5 Å². The first-order valence-corrected chi connectivity index (χ1v) is 7.75. The third kappa shape index (κ3) is 3.93. The molecule has 3 heteroatoms. The lowest BCUT2D eigenvalue weighted by Gasteiger charge is -2.23. The number of hydrogen-bond donors (Lipinski definition) is 1. The summed E-state index contributed by atoms with van der Waals surface area (Å²) in [6, 6.07) is 4.43. The summed E-state index contributed by atoms with van der Waals surface area (Å²) in [6.45, 7) is 6.51. The normalized spacial score (nSPS) is 18.6. The zero-order valence-electron chi connectivity index (χ0n) is 11.9. The van der Waals surface area contributed by atoms with Crippen LogP contribution in [0.15, 0.2) is 18.3 Å². The van der Waals surface area contributed by atoms with Gasteiger partial charge >= 0.3 is 0 Å². The molecule has 1 aromatic heterocycles. The Morgan fingerprint density at radius 1 is 1.16 bits per heavy atom. The van der Waals surface area contributed by atoms with Crippen molar-refractivity contribution in [1.29, 1.82) is 0 Å². The van der Waals surface area contributed by atoms with E-state index >= 15 is 0 Å². The first-order valence-electron chi connectivity index (χ1n) is 7.75. The van der Waals surface area contributed by atoms with Crippen LogP contribution < -0.4 is 10.2 Å². The van der Waals surface area contributed by atoms with Crippen molar-refractivity contribution in [2.45, 2.75) is 39.2 Å². The molecule has 0 unspecified atom stereocenters. The number of hydrogen-bond acceptors (Lipinski definition) is 3. The third-order valence-corrected chi connectivity index (χ3v) is 4.06. The number of nitrogens with zero attached hydrogens (tertiary/aromatic N) is 2. The summed E-state index contributed by atoms with van der Waals surface area (Å²) in [6.07, 6.45) is 7.70. The highest BCUT2D eigenvalue weighted by Gasteiger charge is 2.29. The average molecular weight is 259 g/mol. The molecule has 0 atom stereocenters. The molecular formula is C16H25N3. The van der Waals surface area contributed by atoms with Crippen molar-refractivity contribution < 1.29 is 0 Å². The van der Waals surface area contributed by atoms with Crippen LogP contribution in [0.2, 0.25) is 0 Å². The van der Waals surface area contributed by atoms with Gasteiger partial charge in [0.25, 0.3) is 0 Å². The number of rotatable bonds is 8. The molecule has 0 amide bonds. The Hall–Kier alpha value is -1.09. The van der Waals surface area contributed by atoms with Gasteiger partial charge in [-0.15, -0.1) is 0 Å². The van der Waals surface area contributed by atoms with E-state index in [-0.39, 0.29) is 0 Å². The Morgan fingerprint density at radius 3 is 2.32 bits per heavy atom. The maximum atomic E-state index is 4.68. The molecule has 0 aliphatic heterocycles. The zero-order valence-corrected chi connectivity index (χ0v) is 11.9. The van der Waals surface area contributed by atoms with Crippen LogP contribution in [0.25, 0.3) is 0 Å². The summed E-state index contributed by atoms with van der Waals surface area (Å²) in [5, 5.41) is 3.34. The summed E-state index contributed by atoms with van der Waals surface area (Å²) >= 11 is 0. The fraction of sp³-hybridized carbons (Fsp3) is 0.688. The van der Waals surface area contributed by atoms with Gasteiger partial charge in [-0.05, 0) is 55.7 Å². The van der Waals surface area contributed by atoms with Crippen LogP contribution in [0.5, 0.6) is 0 Å². The van der Waals surface area contributed by atoms with E-state index in [1.807, 2.05) is 6.20 Å². The topological polar surface area (TPSA) is 28.2 Å². The number of aromatic nitrogens is 1. The van der Waals surface area contributed by atoms with E-state index in [0.717, 1.165) is 24.9 Å². The molecule has 2 saturated carbocycles. The van der Waals surface area contributed by atoms with E-state index < -0.39 is 0 Å². The van der Waals surface area contributed by atoms with Crippen LogP contribution in [-0.2, 0) is 6.54 Å². The quantitative estimate of drug-likeness (QED) is 0.778. The Balaban J connectivity index is 1.62. The number of anilines is 1. The van der Waals surface area contributed by atoms with Crippen LogP contribution in [0, 0.1) is 11.8 Å². The first-order chi connectivity index (χ1) is 9.35. The minimum Gasteiger partial charge on any atom is -0.356 e. The monoisotopic (exact) mass is 259 g/mol. The second-order valence-electron chi connectivity index (χ2n) is 6.10. The van der Waals surface area contributed by atoms with E-state index in [1.165, 1.54) is 50.2 Å². The lowest BCUT2D eigenvalue weighted by molar-refractivity contribution is 0.670. The average Bonchev–Trinajstić information content (AvgIpc) is 3.31. The van der Waals surface area contributed by atoms with Gasteiger partial charge in [0.1, 0.15) is 5.82 Å². The van der Waals surface area contributed by atoms with Gasteiger partial charge < -0.3 is 10.2 Å². The Bertz CT molecular complexity index is 379. The minimum absolute atomic E-state index is 0.926. The van der Waals surface area contributed by atoms with Crippen LogP contribution >= 0.6 is 0 Å². The molecule has 1 heterocycles. The lowest BCUT2D eigenvalue weighted by Crippen LogP contribution is -2.28. The molecule has 1 N–H and O–H groups in total. The molecule has 0 spiro atoms. The standard InChI is InChI=1S/C16H25N3/c1-2-17-9-15-7-8-16(18-10-15)19(11-13-3-4-13)12-14-5-6-14/h7-8,10,13-14,17H,2-6,9,11-12H2,1H3. The van der Waals surface area contributed by atoms with Gasteiger partial charge in [0.2, 0.25) is 0 Å². The van der Waals surface area contributed by atoms with E-state index in [4.69, 9.17) is 0 Å². The SMILES string of the molecule is CCNCc1ccc(N(CC2CC2)CC2CC2)nc1. The molecule has 0 radical (unpaired) electrons. The van der Waals surface area contributed by atoms with Gasteiger partial charge in [-0.1, -0.05) is 13.0 Å². The van der Waals surface area contributed by atoms with Crippen molar-refractivity contribution in [2.24, 2.45) is 11.8 Å². The molecule has 0 saturated heterocycles. The molecule has 19 heavy (non-hydrogen) atoms. The zero-order chi connectivity index (χ0) is 13.1. The van der Waals surface area contributed by atoms with E-state index in [1.54, 1.807) is 0 Å². The van der Waals surface area contributed by atoms with Crippen molar-refractivity contribution >= 4 is 5.82 Å². The lowest BCUT2D eigenvalue weighted by atomic mass is 10.2. The number of nitrogens with one attached hydrogen (secondary N) is 1. The van der Waals surface area contributed by atoms with Gasteiger partial charge in [-0.3, -0.25) is 0 Å². The maximum Gasteiger partial charge on any atom is 0.128 e. The van der Waals surface area contributed by atoms with E-state index in [0.29, 0.717) is 0 Å². The molecule has 2 fully saturated rings. The molecule has 104 valence electrons. The van der Waals surface area contributed by atoms with Crippen molar-refractivity contribution in [3.05, 3.63) is 23.9 Å². The minimum atomic E-state index is 0.926. The molecule has 2 aliphatic carbocycles. The summed E-state index contributed by atoms with van der Waals surface area (Å²) in [4.78, 5) is 7.20. The Kier molecular flexibility index (Phi) is 4.02. The van der Waals surface area contributed by atoms with Crippen molar-refractivity contribution in [3.8, 4) is 0 Å². The predicted octanol–water partition coefficient (Wildman–Crippen LogP) is 2.82. The van der Waals surface area contributed by atoms with Crippen LogP contribution in [-0.4, -0.2) is 24.6 Å². The highest BCUT2D eigenvalue weighted by atomic mass is 15.2. The fourth-order valence-electron chi connectivity index (χ4n) is 2.46.